The molecular formula is C13H19F3N2O4S. The summed E-state index contributed by atoms with van der Waals surface area (Å²) in [5.74, 6) is 0.0865. The molecule has 0 N–H and O–H groups in total. The van der Waals surface area contributed by atoms with Crippen LogP contribution in [0, 0.1) is 5.92 Å². The number of carbonyl (C=O) groups is 1. The Morgan fingerprint density at radius 2 is 2.00 bits per heavy atom. The lowest BCUT2D eigenvalue weighted by Gasteiger charge is -2.49. The van der Waals surface area contributed by atoms with Gasteiger partial charge in [0.1, 0.15) is 0 Å². The third kappa shape index (κ3) is 2.85. The number of sulfonamides is 1. The van der Waals surface area contributed by atoms with Gasteiger partial charge in [0.15, 0.2) is 0 Å². The fourth-order valence-electron chi connectivity index (χ4n) is 3.66. The van der Waals surface area contributed by atoms with Crippen molar-refractivity contribution >= 4 is 15.9 Å². The van der Waals surface area contributed by atoms with Crippen molar-refractivity contribution in [2.45, 2.75) is 36.8 Å². The topological polar surface area (TPSA) is 66.9 Å². The predicted octanol–water partition coefficient (Wildman–Crippen LogP) is 0.939. The number of ether oxygens (including phenoxy) is 1. The van der Waals surface area contributed by atoms with Crippen molar-refractivity contribution in [2.24, 2.45) is 5.92 Å². The zero-order chi connectivity index (χ0) is 16.9. The number of hydrogen-bond donors (Lipinski definition) is 0. The minimum absolute atomic E-state index is 0.0180. The molecule has 0 aromatic carbocycles. The highest BCUT2D eigenvalue weighted by Gasteiger charge is 2.61. The number of likely N-dealkylation sites (tertiary alicyclic amines) is 1. The third-order valence-electron chi connectivity index (χ3n) is 5.04. The lowest BCUT2D eigenvalue weighted by molar-refractivity contribution is -0.129. The van der Waals surface area contributed by atoms with Crippen molar-refractivity contribution in [3.63, 3.8) is 0 Å². The summed E-state index contributed by atoms with van der Waals surface area (Å²) in [6, 6.07) is 0. The van der Waals surface area contributed by atoms with Gasteiger partial charge in [0.2, 0.25) is 5.91 Å². The molecule has 6 nitrogen and oxygen atoms in total. The van der Waals surface area contributed by atoms with Gasteiger partial charge < -0.3 is 9.64 Å². The highest BCUT2D eigenvalue weighted by Crippen LogP contribution is 2.45. The minimum Gasteiger partial charge on any atom is -0.372 e. The van der Waals surface area contributed by atoms with Gasteiger partial charge in [0, 0.05) is 39.2 Å². The zero-order valence-corrected chi connectivity index (χ0v) is 13.3. The molecule has 3 fully saturated rings. The number of halogens is 3. The average Bonchev–Trinajstić information content (AvgIpc) is 2.99. The zero-order valence-electron chi connectivity index (χ0n) is 12.5. The summed E-state index contributed by atoms with van der Waals surface area (Å²) in [6.45, 7) is 1.17. The Hall–Kier alpha value is -0.870. The van der Waals surface area contributed by atoms with Gasteiger partial charge in [0.05, 0.1) is 5.60 Å². The van der Waals surface area contributed by atoms with E-state index in [1.165, 1.54) is 0 Å². The van der Waals surface area contributed by atoms with Crippen LogP contribution in [0.1, 0.15) is 25.7 Å². The van der Waals surface area contributed by atoms with E-state index in [0.717, 1.165) is 6.42 Å². The van der Waals surface area contributed by atoms with Gasteiger partial charge in [-0.25, -0.2) is 8.42 Å². The monoisotopic (exact) mass is 356 g/mol. The van der Waals surface area contributed by atoms with Gasteiger partial charge in [-0.05, 0) is 25.2 Å². The van der Waals surface area contributed by atoms with E-state index < -0.39 is 21.1 Å². The Labute approximate surface area is 132 Å². The highest BCUT2D eigenvalue weighted by atomic mass is 32.2. The van der Waals surface area contributed by atoms with Gasteiger partial charge in [0.25, 0.3) is 0 Å². The standard InChI is InChI=1S/C13H19F3N2O4S/c14-13(15,16)23(20,21)18-8-12(9-18)10(4-7-22-12)3-6-17-5-1-2-11(17)19/h10H,1-9H2. The first-order valence-corrected chi connectivity index (χ1v) is 9.08. The SMILES string of the molecule is O=C1CCCN1CCC1CCOC12CN(S(=O)(=O)C(F)(F)F)C2. The van der Waals surface area contributed by atoms with Gasteiger partial charge in [-0.1, -0.05) is 0 Å². The molecule has 0 aromatic rings. The van der Waals surface area contributed by atoms with Crippen LogP contribution >= 0.6 is 0 Å². The van der Waals surface area contributed by atoms with Crippen LogP contribution in [-0.4, -0.2) is 67.4 Å². The maximum atomic E-state index is 12.6. The van der Waals surface area contributed by atoms with Crippen LogP contribution < -0.4 is 0 Å². The lowest BCUT2D eigenvalue weighted by Crippen LogP contribution is -2.67. The molecule has 1 amide bonds. The summed E-state index contributed by atoms with van der Waals surface area (Å²) < 4.78 is 66.5. The Balaban J connectivity index is 1.59. The van der Waals surface area contributed by atoms with Crippen molar-refractivity contribution < 1.29 is 31.1 Å². The number of alkyl halides is 3. The van der Waals surface area contributed by atoms with Crippen molar-refractivity contribution in [3.8, 4) is 0 Å². The van der Waals surface area contributed by atoms with Crippen molar-refractivity contribution in [1.82, 2.24) is 9.21 Å². The van der Waals surface area contributed by atoms with Crippen LogP contribution in [-0.2, 0) is 19.6 Å². The first kappa shape index (κ1) is 17.0. The van der Waals surface area contributed by atoms with Crippen LogP contribution in [0.25, 0.3) is 0 Å². The maximum absolute atomic E-state index is 12.6. The van der Waals surface area contributed by atoms with E-state index in [-0.39, 0.29) is 24.9 Å². The minimum atomic E-state index is -5.28. The third-order valence-corrected chi connectivity index (χ3v) is 6.56. The van der Waals surface area contributed by atoms with E-state index in [1.807, 2.05) is 0 Å². The number of carbonyl (C=O) groups excluding carboxylic acids is 1. The molecule has 10 heteroatoms. The summed E-state index contributed by atoms with van der Waals surface area (Å²) in [6.07, 6.45) is 2.69. The fraction of sp³-hybridized carbons (Fsp3) is 0.923. The largest absolute Gasteiger partial charge is 0.511 e. The van der Waals surface area contributed by atoms with E-state index in [2.05, 4.69) is 0 Å². The normalized spacial score (nSPS) is 28.6. The van der Waals surface area contributed by atoms with Crippen molar-refractivity contribution in [3.05, 3.63) is 0 Å². The second-order valence-electron chi connectivity index (χ2n) is 6.39. The lowest BCUT2D eigenvalue weighted by atomic mass is 9.80. The summed E-state index contributed by atoms with van der Waals surface area (Å²) in [5, 5.41) is 0. The molecule has 3 aliphatic heterocycles. The smallest absolute Gasteiger partial charge is 0.372 e. The summed E-state index contributed by atoms with van der Waals surface area (Å²) >= 11 is 0. The number of amides is 1. The second-order valence-corrected chi connectivity index (χ2v) is 8.32. The second kappa shape index (κ2) is 5.59. The quantitative estimate of drug-likeness (QED) is 0.752. The van der Waals surface area contributed by atoms with Gasteiger partial charge >= 0.3 is 15.5 Å². The van der Waals surface area contributed by atoms with E-state index in [0.29, 0.717) is 43.3 Å². The maximum Gasteiger partial charge on any atom is 0.511 e. The summed E-state index contributed by atoms with van der Waals surface area (Å²) in [4.78, 5) is 13.4. The van der Waals surface area contributed by atoms with Crippen LogP contribution in [0.5, 0.6) is 0 Å². The van der Waals surface area contributed by atoms with Crippen LogP contribution in [0.4, 0.5) is 13.2 Å². The summed E-state index contributed by atoms with van der Waals surface area (Å²) in [7, 11) is -5.28. The Bertz CT molecular complexity index is 587. The molecule has 3 saturated heterocycles. The molecular weight excluding hydrogens is 337 g/mol. The van der Waals surface area contributed by atoms with Crippen LogP contribution in [0.15, 0.2) is 0 Å². The molecule has 0 radical (unpaired) electrons. The molecule has 3 rings (SSSR count). The van der Waals surface area contributed by atoms with Gasteiger partial charge in [-0.15, -0.1) is 0 Å². The van der Waals surface area contributed by atoms with Gasteiger partial charge in [-0.3, -0.25) is 4.79 Å². The highest BCUT2D eigenvalue weighted by molar-refractivity contribution is 7.90. The summed E-state index contributed by atoms with van der Waals surface area (Å²) in [5.41, 5.74) is -6.09. The number of rotatable bonds is 4. The number of nitrogens with zero attached hydrogens (tertiary/aromatic N) is 2. The Kier molecular flexibility index (Phi) is 4.13. The molecule has 1 atom stereocenters. The molecule has 3 aliphatic rings. The molecule has 132 valence electrons. The van der Waals surface area contributed by atoms with Crippen molar-refractivity contribution in [2.75, 3.05) is 32.8 Å². The fourth-order valence-corrected chi connectivity index (χ4v) is 4.73. The molecule has 0 aliphatic carbocycles. The van der Waals surface area contributed by atoms with Crippen LogP contribution in [0.3, 0.4) is 0 Å². The Morgan fingerprint density at radius 1 is 1.30 bits per heavy atom. The molecule has 3 heterocycles. The molecule has 1 unspecified atom stereocenters. The van der Waals surface area contributed by atoms with Gasteiger partial charge in [-0.2, -0.15) is 17.5 Å². The molecule has 0 aromatic heterocycles. The molecule has 0 saturated carbocycles. The molecule has 1 spiro atoms. The molecule has 0 bridgehead atoms. The van der Waals surface area contributed by atoms with E-state index >= 15 is 0 Å². The Morgan fingerprint density at radius 3 is 2.57 bits per heavy atom. The van der Waals surface area contributed by atoms with E-state index in [4.69, 9.17) is 4.74 Å². The van der Waals surface area contributed by atoms with E-state index in [1.54, 1.807) is 4.90 Å². The first-order valence-electron chi connectivity index (χ1n) is 7.64. The molecule has 23 heavy (non-hydrogen) atoms. The van der Waals surface area contributed by atoms with Crippen LogP contribution in [0.2, 0.25) is 0 Å². The number of hydrogen-bond acceptors (Lipinski definition) is 4. The van der Waals surface area contributed by atoms with Crippen molar-refractivity contribution in [1.29, 1.82) is 0 Å². The first-order chi connectivity index (χ1) is 10.7. The predicted molar refractivity (Wildman–Crippen MR) is 73.8 cm³/mol. The average molecular weight is 356 g/mol. The van der Waals surface area contributed by atoms with E-state index in [9.17, 15) is 26.4 Å².